The molecule has 20 heavy (non-hydrogen) atoms. The van der Waals surface area contributed by atoms with Crippen LogP contribution in [0.1, 0.15) is 30.6 Å². The molecule has 0 atom stereocenters. The van der Waals surface area contributed by atoms with E-state index in [4.69, 9.17) is 5.11 Å². The molecule has 1 aliphatic carbocycles. The van der Waals surface area contributed by atoms with Gasteiger partial charge in [0, 0.05) is 11.4 Å². The zero-order chi connectivity index (χ0) is 14.6. The molecular formula is C13H17BrN2O3S. The zero-order valence-corrected chi connectivity index (χ0v) is 13.3. The predicted molar refractivity (Wildman–Crippen MR) is 81.1 cm³/mol. The average molecular weight is 361 g/mol. The predicted octanol–water partition coefficient (Wildman–Crippen LogP) is 2.75. The number of amides is 2. The Morgan fingerprint density at radius 3 is 2.65 bits per heavy atom. The first-order valence-electron chi connectivity index (χ1n) is 6.51. The standard InChI is InChI=1S/C13H17BrN2O3S/c14-10-3-2-9(20-10)4-7-15-12(19)16-13(5-1-6-13)8-11(17)18/h2-3H,1,4-8H2,(H,17,18)(H2,15,16,19). The third-order valence-electron chi connectivity index (χ3n) is 3.46. The van der Waals surface area contributed by atoms with Gasteiger partial charge in [-0.2, -0.15) is 0 Å². The summed E-state index contributed by atoms with van der Waals surface area (Å²) in [5.74, 6) is -0.867. The van der Waals surface area contributed by atoms with E-state index in [1.807, 2.05) is 12.1 Å². The van der Waals surface area contributed by atoms with Gasteiger partial charge < -0.3 is 15.7 Å². The second-order valence-corrected chi connectivity index (χ2v) is 7.59. The minimum Gasteiger partial charge on any atom is -0.481 e. The van der Waals surface area contributed by atoms with Crippen LogP contribution in [0.5, 0.6) is 0 Å². The highest BCUT2D eigenvalue weighted by Gasteiger charge is 2.40. The minimum atomic E-state index is -0.867. The maximum absolute atomic E-state index is 11.8. The lowest BCUT2D eigenvalue weighted by Crippen LogP contribution is -2.57. The van der Waals surface area contributed by atoms with Gasteiger partial charge in [-0.25, -0.2) is 4.79 Å². The third kappa shape index (κ3) is 4.21. The van der Waals surface area contributed by atoms with Gasteiger partial charge in [-0.05, 0) is 53.7 Å². The molecule has 1 heterocycles. The van der Waals surface area contributed by atoms with Gasteiger partial charge in [0.25, 0.3) is 0 Å². The molecule has 0 radical (unpaired) electrons. The van der Waals surface area contributed by atoms with Crippen molar-refractivity contribution >= 4 is 39.3 Å². The number of halogens is 1. The lowest BCUT2D eigenvalue weighted by molar-refractivity contribution is -0.139. The first-order valence-corrected chi connectivity index (χ1v) is 8.12. The SMILES string of the molecule is O=C(O)CC1(NC(=O)NCCc2ccc(Br)s2)CCC1. The largest absolute Gasteiger partial charge is 0.481 e. The van der Waals surface area contributed by atoms with Gasteiger partial charge in [0.1, 0.15) is 0 Å². The van der Waals surface area contributed by atoms with Crippen LogP contribution < -0.4 is 10.6 Å². The fraction of sp³-hybridized carbons (Fsp3) is 0.538. The summed E-state index contributed by atoms with van der Waals surface area (Å²) in [6.45, 7) is 0.544. The van der Waals surface area contributed by atoms with E-state index in [1.165, 1.54) is 4.88 Å². The number of carboxylic acids is 1. The number of hydrogen-bond donors (Lipinski definition) is 3. The van der Waals surface area contributed by atoms with Crippen molar-refractivity contribution in [1.29, 1.82) is 0 Å². The van der Waals surface area contributed by atoms with Crippen LogP contribution in [0.15, 0.2) is 15.9 Å². The normalized spacial score (nSPS) is 16.2. The van der Waals surface area contributed by atoms with E-state index in [0.29, 0.717) is 6.54 Å². The zero-order valence-electron chi connectivity index (χ0n) is 10.9. The first kappa shape index (κ1) is 15.3. The van der Waals surface area contributed by atoms with Crippen LogP contribution in [0, 0.1) is 0 Å². The maximum atomic E-state index is 11.8. The van der Waals surface area contributed by atoms with Crippen LogP contribution in [0.4, 0.5) is 4.79 Å². The van der Waals surface area contributed by atoms with Crippen LogP contribution in [-0.2, 0) is 11.2 Å². The molecular weight excluding hydrogens is 344 g/mol. The topological polar surface area (TPSA) is 78.4 Å². The molecule has 1 aliphatic rings. The van der Waals surface area contributed by atoms with Gasteiger partial charge in [-0.1, -0.05) is 0 Å². The molecule has 2 rings (SSSR count). The molecule has 5 nitrogen and oxygen atoms in total. The number of rotatable bonds is 6. The third-order valence-corrected chi connectivity index (χ3v) is 5.15. The van der Waals surface area contributed by atoms with E-state index in [1.54, 1.807) is 11.3 Å². The summed E-state index contributed by atoms with van der Waals surface area (Å²) < 4.78 is 1.08. The summed E-state index contributed by atoms with van der Waals surface area (Å²) in [7, 11) is 0. The Bertz CT molecular complexity index is 500. The lowest BCUT2D eigenvalue weighted by atomic mass is 9.74. The Balaban J connectivity index is 1.73. The fourth-order valence-electron chi connectivity index (χ4n) is 2.31. The van der Waals surface area contributed by atoms with Gasteiger partial charge in [-0.3, -0.25) is 4.79 Å². The van der Waals surface area contributed by atoms with E-state index in [2.05, 4.69) is 26.6 Å². The van der Waals surface area contributed by atoms with Crippen LogP contribution in [0.2, 0.25) is 0 Å². The molecule has 7 heteroatoms. The van der Waals surface area contributed by atoms with Crippen molar-refractivity contribution in [2.24, 2.45) is 0 Å². The number of urea groups is 1. The van der Waals surface area contributed by atoms with Gasteiger partial charge in [0.2, 0.25) is 0 Å². The highest BCUT2D eigenvalue weighted by atomic mass is 79.9. The molecule has 1 fully saturated rings. The summed E-state index contributed by atoms with van der Waals surface area (Å²) in [4.78, 5) is 23.8. The molecule has 0 spiro atoms. The van der Waals surface area contributed by atoms with Crippen molar-refractivity contribution in [3.8, 4) is 0 Å². The number of nitrogens with one attached hydrogen (secondary N) is 2. The highest BCUT2D eigenvalue weighted by Crippen LogP contribution is 2.34. The smallest absolute Gasteiger partial charge is 0.315 e. The molecule has 1 aromatic heterocycles. The molecule has 0 aromatic carbocycles. The molecule has 1 saturated carbocycles. The number of carbonyl (C=O) groups excluding carboxylic acids is 1. The average Bonchev–Trinajstić information content (AvgIpc) is 2.71. The van der Waals surface area contributed by atoms with E-state index in [9.17, 15) is 9.59 Å². The molecule has 0 bridgehead atoms. The molecule has 3 N–H and O–H groups in total. The van der Waals surface area contributed by atoms with Crippen molar-refractivity contribution in [2.75, 3.05) is 6.54 Å². The van der Waals surface area contributed by atoms with E-state index < -0.39 is 11.5 Å². The Kier molecular flexibility index (Phi) is 5.04. The molecule has 0 saturated heterocycles. The number of carbonyl (C=O) groups is 2. The van der Waals surface area contributed by atoms with Crippen LogP contribution in [-0.4, -0.2) is 29.2 Å². The Morgan fingerprint density at radius 1 is 1.40 bits per heavy atom. The summed E-state index contributed by atoms with van der Waals surface area (Å²) in [6, 6.07) is 3.73. The van der Waals surface area contributed by atoms with Crippen molar-refractivity contribution < 1.29 is 14.7 Å². The molecule has 0 unspecified atom stereocenters. The molecule has 1 aromatic rings. The van der Waals surface area contributed by atoms with E-state index >= 15 is 0 Å². The van der Waals surface area contributed by atoms with Crippen LogP contribution in [0.25, 0.3) is 0 Å². The van der Waals surface area contributed by atoms with Gasteiger partial charge in [-0.15, -0.1) is 11.3 Å². The quantitative estimate of drug-likeness (QED) is 0.729. The molecule has 0 aliphatic heterocycles. The molecule has 110 valence electrons. The second kappa shape index (κ2) is 6.58. The van der Waals surface area contributed by atoms with E-state index in [-0.39, 0.29) is 12.5 Å². The first-order chi connectivity index (χ1) is 9.49. The summed E-state index contributed by atoms with van der Waals surface area (Å²) in [6.07, 6.45) is 3.22. The van der Waals surface area contributed by atoms with Gasteiger partial charge in [0.05, 0.1) is 15.7 Å². The minimum absolute atomic E-state index is 0.00170. The monoisotopic (exact) mass is 360 g/mol. The second-order valence-electron chi connectivity index (χ2n) is 5.04. The van der Waals surface area contributed by atoms with E-state index in [0.717, 1.165) is 29.5 Å². The van der Waals surface area contributed by atoms with Gasteiger partial charge in [0.15, 0.2) is 0 Å². The number of hydrogen-bond acceptors (Lipinski definition) is 3. The van der Waals surface area contributed by atoms with Crippen LogP contribution in [0.3, 0.4) is 0 Å². The molecule has 2 amide bonds. The van der Waals surface area contributed by atoms with Crippen LogP contribution >= 0.6 is 27.3 Å². The summed E-state index contributed by atoms with van der Waals surface area (Å²) in [5, 5.41) is 14.5. The van der Waals surface area contributed by atoms with Crippen molar-refractivity contribution in [3.63, 3.8) is 0 Å². The van der Waals surface area contributed by atoms with Crippen molar-refractivity contribution in [2.45, 2.75) is 37.6 Å². The number of aliphatic carboxylic acids is 1. The lowest BCUT2D eigenvalue weighted by Gasteiger charge is -2.41. The number of thiophene rings is 1. The Labute approximate surface area is 129 Å². The summed E-state index contributed by atoms with van der Waals surface area (Å²) >= 11 is 5.04. The van der Waals surface area contributed by atoms with Crippen molar-refractivity contribution in [3.05, 3.63) is 20.8 Å². The maximum Gasteiger partial charge on any atom is 0.315 e. The Morgan fingerprint density at radius 2 is 2.15 bits per heavy atom. The highest BCUT2D eigenvalue weighted by molar-refractivity contribution is 9.11. The van der Waals surface area contributed by atoms with Crippen molar-refractivity contribution in [1.82, 2.24) is 10.6 Å². The Hall–Kier alpha value is -1.08. The fourth-order valence-corrected chi connectivity index (χ4v) is 3.79. The number of carboxylic acid groups (broad SMARTS) is 1. The van der Waals surface area contributed by atoms with Gasteiger partial charge >= 0.3 is 12.0 Å². The summed E-state index contributed by atoms with van der Waals surface area (Å²) in [5.41, 5.74) is -0.540.